The number of benzene rings is 1. The average Bonchev–Trinajstić information content (AvgIpc) is 2.60. The summed E-state index contributed by atoms with van der Waals surface area (Å²) >= 11 is 0. The second kappa shape index (κ2) is 8.35. The van der Waals surface area contributed by atoms with Crippen molar-refractivity contribution >= 4 is 35.1 Å². The van der Waals surface area contributed by atoms with Crippen LogP contribution in [0, 0.1) is 11.8 Å². The third kappa shape index (κ3) is 3.99. The molecule has 1 fully saturated rings. The number of nitrogen functional groups attached to an aromatic ring is 1. The van der Waals surface area contributed by atoms with Crippen molar-refractivity contribution in [2.45, 2.75) is 25.7 Å². The largest absolute Gasteiger partial charge is 0.494 e. The molecule has 1 saturated carbocycles. The van der Waals surface area contributed by atoms with E-state index in [9.17, 15) is 0 Å². The van der Waals surface area contributed by atoms with Crippen molar-refractivity contribution < 1.29 is 4.74 Å². The Balaban J connectivity index is 0.00000208. The first kappa shape index (κ1) is 18.5. The number of hydrogen-bond donors (Lipinski definition) is 3. The maximum absolute atomic E-state index is 6.07. The number of halogens is 1. The topological polar surface area (TPSA) is 99.1 Å². The van der Waals surface area contributed by atoms with Gasteiger partial charge in [0.15, 0.2) is 0 Å². The summed E-state index contributed by atoms with van der Waals surface area (Å²) in [6.07, 6.45) is 4.86. The van der Waals surface area contributed by atoms with Gasteiger partial charge in [-0.3, -0.25) is 0 Å². The summed E-state index contributed by atoms with van der Waals surface area (Å²) in [4.78, 5) is 8.95. The molecule has 6 nitrogen and oxygen atoms in total. The molecule has 0 unspecified atom stereocenters. The zero-order chi connectivity index (χ0) is 16.2. The predicted molar refractivity (Wildman–Crippen MR) is 101 cm³/mol. The third-order valence-corrected chi connectivity index (χ3v) is 4.79. The lowest BCUT2D eigenvalue weighted by Gasteiger charge is -2.27. The van der Waals surface area contributed by atoms with Crippen LogP contribution in [0.15, 0.2) is 18.2 Å². The summed E-state index contributed by atoms with van der Waals surface area (Å²) in [5.41, 5.74) is 12.6. The molecule has 3 rings (SSSR count). The number of aromatic nitrogens is 2. The van der Waals surface area contributed by atoms with Crippen LogP contribution in [0.5, 0.6) is 5.75 Å². The zero-order valence-electron chi connectivity index (χ0n) is 14.0. The first-order valence-electron chi connectivity index (χ1n) is 8.25. The van der Waals surface area contributed by atoms with E-state index in [0.717, 1.165) is 24.0 Å². The number of rotatable bonds is 5. The van der Waals surface area contributed by atoms with Gasteiger partial charge >= 0.3 is 0 Å². The highest BCUT2D eigenvalue weighted by Gasteiger charge is 2.20. The van der Waals surface area contributed by atoms with Gasteiger partial charge in [0, 0.05) is 11.9 Å². The Bertz CT molecular complexity index is 673. The molecule has 1 aromatic carbocycles. The predicted octanol–water partition coefficient (Wildman–Crippen LogP) is 2.82. The Hall–Kier alpha value is -1.79. The minimum absolute atomic E-state index is 0. The van der Waals surface area contributed by atoms with E-state index in [1.807, 2.05) is 18.2 Å². The Morgan fingerprint density at radius 3 is 2.54 bits per heavy atom. The van der Waals surface area contributed by atoms with Crippen molar-refractivity contribution in [3.8, 4) is 5.75 Å². The van der Waals surface area contributed by atoms with Crippen molar-refractivity contribution in [1.29, 1.82) is 0 Å². The van der Waals surface area contributed by atoms with Crippen molar-refractivity contribution in [2.75, 3.05) is 31.2 Å². The molecular weight excluding hydrogens is 326 g/mol. The summed E-state index contributed by atoms with van der Waals surface area (Å²) in [6, 6.07) is 5.68. The molecule has 0 bridgehead atoms. The molecule has 0 aliphatic heterocycles. The maximum atomic E-state index is 6.07. The van der Waals surface area contributed by atoms with Gasteiger partial charge in [-0.05, 0) is 56.2 Å². The minimum atomic E-state index is 0. The van der Waals surface area contributed by atoms with Crippen molar-refractivity contribution in [2.24, 2.45) is 17.6 Å². The van der Waals surface area contributed by atoms with Gasteiger partial charge in [-0.25, -0.2) is 4.98 Å². The molecule has 0 atom stereocenters. The van der Waals surface area contributed by atoms with Gasteiger partial charge in [0.2, 0.25) is 5.95 Å². The molecule has 0 radical (unpaired) electrons. The fraction of sp³-hybridized carbons (Fsp3) is 0.529. The summed E-state index contributed by atoms with van der Waals surface area (Å²) in [7, 11) is 1.63. The lowest BCUT2D eigenvalue weighted by Crippen LogP contribution is -2.25. The summed E-state index contributed by atoms with van der Waals surface area (Å²) < 4.78 is 5.37. The van der Waals surface area contributed by atoms with Crippen molar-refractivity contribution in [1.82, 2.24) is 9.97 Å². The molecular formula is C17H26ClN5O. The highest BCUT2D eigenvalue weighted by Crippen LogP contribution is 2.30. The Labute approximate surface area is 148 Å². The van der Waals surface area contributed by atoms with Crippen LogP contribution >= 0.6 is 12.4 Å². The number of nitrogens with one attached hydrogen (secondary N) is 1. The van der Waals surface area contributed by atoms with Crippen LogP contribution in [0.1, 0.15) is 25.7 Å². The van der Waals surface area contributed by atoms with Crippen molar-refractivity contribution in [3.05, 3.63) is 18.2 Å². The number of methoxy groups -OCH3 is 1. The summed E-state index contributed by atoms with van der Waals surface area (Å²) in [5, 5.41) is 4.16. The van der Waals surface area contributed by atoms with E-state index < -0.39 is 0 Å². The van der Waals surface area contributed by atoms with E-state index in [0.29, 0.717) is 29.4 Å². The number of hydrogen-bond acceptors (Lipinski definition) is 6. The van der Waals surface area contributed by atoms with Crippen LogP contribution in [-0.4, -0.2) is 30.2 Å². The zero-order valence-corrected chi connectivity index (χ0v) is 14.8. The molecule has 1 aliphatic carbocycles. The Kier molecular flexibility index (Phi) is 6.45. The van der Waals surface area contributed by atoms with E-state index >= 15 is 0 Å². The van der Waals surface area contributed by atoms with Crippen LogP contribution in [0.2, 0.25) is 0 Å². The van der Waals surface area contributed by atoms with Gasteiger partial charge in [-0.2, -0.15) is 4.98 Å². The number of ether oxygens (including phenoxy) is 1. The molecule has 0 saturated heterocycles. The molecule has 132 valence electrons. The fourth-order valence-electron chi connectivity index (χ4n) is 3.30. The van der Waals surface area contributed by atoms with E-state index in [4.69, 9.17) is 16.2 Å². The summed E-state index contributed by atoms with van der Waals surface area (Å²) in [5.74, 6) is 3.10. The first-order chi connectivity index (χ1) is 11.2. The maximum Gasteiger partial charge on any atom is 0.225 e. The van der Waals surface area contributed by atoms with Crippen LogP contribution in [-0.2, 0) is 0 Å². The second-order valence-corrected chi connectivity index (χ2v) is 6.29. The Morgan fingerprint density at radius 2 is 1.88 bits per heavy atom. The number of nitrogens with two attached hydrogens (primary N) is 2. The third-order valence-electron chi connectivity index (χ3n) is 4.79. The number of nitrogens with zero attached hydrogens (tertiary/aromatic N) is 2. The van der Waals surface area contributed by atoms with Gasteiger partial charge < -0.3 is 21.5 Å². The van der Waals surface area contributed by atoms with Crippen molar-refractivity contribution in [3.63, 3.8) is 0 Å². The normalized spacial score (nSPS) is 20.4. The molecule has 5 N–H and O–H groups in total. The summed E-state index contributed by atoms with van der Waals surface area (Å²) in [6.45, 7) is 1.68. The molecule has 24 heavy (non-hydrogen) atoms. The van der Waals surface area contributed by atoms with Gasteiger partial charge in [-0.1, -0.05) is 6.07 Å². The van der Waals surface area contributed by atoms with E-state index in [1.54, 1.807) is 7.11 Å². The standard InChI is InChI=1S/C17H25N5O.ClH/c1-23-14-4-2-3-13-15(14)21-17(22-16(13)19)20-10-12-7-5-11(9-18)6-8-12;/h2-4,11-12H,5-10,18H2,1H3,(H3,19,20,21,22);1H. The number of anilines is 2. The highest BCUT2D eigenvalue weighted by molar-refractivity contribution is 5.93. The van der Waals surface area contributed by atoms with Crippen LogP contribution in [0.4, 0.5) is 11.8 Å². The smallest absolute Gasteiger partial charge is 0.225 e. The molecule has 1 aromatic heterocycles. The van der Waals surface area contributed by atoms with Crippen LogP contribution < -0.4 is 21.5 Å². The first-order valence-corrected chi connectivity index (χ1v) is 8.25. The molecule has 7 heteroatoms. The SMILES string of the molecule is COc1cccc2c(N)nc(NCC3CCC(CN)CC3)nc12.Cl. The fourth-order valence-corrected chi connectivity index (χ4v) is 3.30. The van der Waals surface area contributed by atoms with Gasteiger partial charge in [0.05, 0.1) is 7.11 Å². The van der Waals surface area contributed by atoms with Crippen LogP contribution in [0.3, 0.4) is 0 Å². The van der Waals surface area contributed by atoms with Crippen LogP contribution in [0.25, 0.3) is 10.9 Å². The average molecular weight is 352 g/mol. The molecule has 2 aromatic rings. The lowest BCUT2D eigenvalue weighted by atomic mass is 9.82. The minimum Gasteiger partial charge on any atom is -0.494 e. The second-order valence-electron chi connectivity index (χ2n) is 6.29. The number of para-hydroxylation sites is 1. The highest BCUT2D eigenvalue weighted by atomic mass is 35.5. The molecule has 0 spiro atoms. The van der Waals surface area contributed by atoms with Gasteiger partial charge in [0.25, 0.3) is 0 Å². The quantitative estimate of drug-likeness (QED) is 0.766. The van der Waals surface area contributed by atoms with E-state index in [1.165, 1.54) is 25.7 Å². The van der Waals surface area contributed by atoms with Gasteiger partial charge in [0.1, 0.15) is 17.1 Å². The monoisotopic (exact) mass is 351 g/mol. The lowest BCUT2D eigenvalue weighted by molar-refractivity contribution is 0.289. The Morgan fingerprint density at radius 1 is 1.17 bits per heavy atom. The molecule has 0 amide bonds. The molecule has 1 heterocycles. The van der Waals surface area contributed by atoms with E-state index in [2.05, 4.69) is 15.3 Å². The van der Waals surface area contributed by atoms with E-state index in [-0.39, 0.29) is 12.4 Å². The number of fused-ring (bicyclic) bond motifs is 1. The molecule has 1 aliphatic rings. The van der Waals surface area contributed by atoms with Gasteiger partial charge in [-0.15, -0.1) is 12.4 Å².